The van der Waals surface area contributed by atoms with Crippen molar-refractivity contribution in [1.82, 2.24) is 0 Å². The van der Waals surface area contributed by atoms with Gasteiger partial charge in [0.1, 0.15) is 11.0 Å². The van der Waals surface area contributed by atoms with Gasteiger partial charge >= 0.3 is 11.9 Å². The largest absolute Gasteiger partial charge is 0.481 e. The summed E-state index contributed by atoms with van der Waals surface area (Å²) in [5.41, 5.74) is -2.29. The van der Waals surface area contributed by atoms with Crippen LogP contribution in [0.15, 0.2) is 42.5 Å². The average Bonchev–Trinajstić information content (AvgIpc) is 3.24. The molecule has 1 aromatic carbocycles. The van der Waals surface area contributed by atoms with Crippen molar-refractivity contribution in [3.05, 3.63) is 48.0 Å². The van der Waals surface area contributed by atoms with Crippen LogP contribution in [0.1, 0.15) is 51.0 Å². The minimum Gasteiger partial charge on any atom is -0.481 e. The fraction of sp³-hybridized carbons (Fsp3) is 0.643. The van der Waals surface area contributed by atoms with Crippen LogP contribution in [0.3, 0.4) is 0 Å². The van der Waals surface area contributed by atoms with Gasteiger partial charge in [-0.3, -0.25) is 9.59 Å². The number of hydrogen-bond acceptors (Lipinski definition) is 6. The van der Waals surface area contributed by atoms with Crippen LogP contribution in [-0.2, 0) is 25.5 Å². The number of rotatable bonds is 6. The lowest BCUT2D eigenvalue weighted by molar-refractivity contribution is -0.170. The number of carbonyl (C=O) groups is 2. The van der Waals surface area contributed by atoms with Crippen LogP contribution >= 0.6 is 0 Å². The summed E-state index contributed by atoms with van der Waals surface area (Å²) in [6.45, 7) is 6.19. The normalized spacial score (nSPS) is 47.3. The first-order valence-electron chi connectivity index (χ1n) is 12.8. The van der Waals surface area contributed by atoms with Crippen molar-refractivity contribution in [3.8, 4) is 0 Å². The monoisotopic (exact) mass is 482 g/mol. The third-order valence-corrected chi connectivity index (χ3v) is 10.3. The van der Waals surface area contributed by atoms with Gasteiger partial charge in [-0.05, 0) is 62.0 Å². The maximum atomic E-state index is 13.3. The molecule has 0 unspecified atom stereocenters. The van der Waals surface area contributed by atoms with Crippen LogP contribution in [0.5, 0.6) is 0 Å². The number of fused-ring (bicyclic) bond motifs is 1. The summed E-state index contributed by atoms with van der Waals surface area (Å²) in [7, 11) is 0. The minimum absolute atomic E-state index is 0.214. The highest BCUT2D eigenvalue weighted by atomic mass is 16.6. The van der Waals surface area contributed by atoms with E-state index in [1.54, 1.807) is 6.92 Å². The zero-order chi connectivity index (χ0) is 24.8. The van der Waals surface area contributed by atoms with Gasteiger partial charge in [-0.25, -0.2) is 0 Å². The topological polar surface area (TPSA) is 113 Å². The number of aliphatic hydroxyl groups excluding tert-OH is 1. The van der Waals surface area contributed by atoms with Crippen molar-refractivity contribution >= 4 is 11.9 Å². The molecular weight excluding hydrogens is 448 g/mol. The zero-order valence-corrected chi connectivity index (χ0v) is 20.1. The molecule has 5 fully saturated rings. The number of aliphatic carboxylic acids is 1. The van der Waals surface area contributed by atoms with Gasteiger partial charge in [-0.2, -0.15) is 0 Å². The second kappa shape index (κ2) is 7.40. The van der Waals surface area contributed by atoms with Crippen molar-refractivity contribution in [1.29, 1.82) is 0 Å². The van der Waals surface area contributed by atoms with Crippen LogP contribution < -0.4 is 0 Å². The molecule has 0 radical (unpaired) electrons. The number of aryl methyl sites for hydroxylation is 1. The first-order valence-corrected chi connectivity index (χ1v) is 12.8. The van der Waals surface area contributed by atoms with Crippen molar-refractivity contribution < 1.29 is 34.4 Å². The third kappa shape index (κ3) is 2.83. The number of benzene rings is 1. The molecule has 4 bridgehead atoms. The second-order valence-corrected chi connectivity index (χ2v) is 11.9. The van der Waals surface area contributed by atoms with Gasteiger partial charge in [0, 0.05) is 24.9 Å². The van der Waals surface area contributed by atoms with Crippen LogP contribution in [0.25, 0.3) is 0 Å². The molecule has 4 aliphatic carbocycles. The SMILES string of the molecule is C=C1C[C@]23C[C@@]1(O)CC[C@H]2[C@@]12C[C@@H](OCCCc4ccccc4)[C@H](O)[C@@](C)(C(=O)O1)[C@H]2[C@@H]3C(=O)O. The van der Waals surface area contributed by atoms with E-state index in [0.29, 0.717) is 37.9 Å². The number of aliphatic hydroxyl groups is 2. The molecule has 35 heavy (non-hydrogen) atoms. The number of esters is 1. The standard InChI is InChI=1S/C28H34O7/c1-16-13-26-15-27(16,33)11-10-19(26)28-14-18(34-12-6-9-17-7-4-3-5-8-17)22(29)25(2,24(32)35-28)21(28)20(26)23(30)31/h3-5,7-8,18-22,29,33H,1,6,9-15H2,2H3,(H,30,31)/t18-,19-,20-,21-,22+,25+,26+,27+,28-/m1/s1. The molecule has 7 heteroatoms. The Bertz CT molecular complexity index is 1090. The van der Waals surface area contributed by atoms with E-state index in [-0.39, 0.29) is 12.3 Å². The Labute approximate surface area is 205 Å². The third-order valence-electron chi connectivity index (χ3n) is 10.3. The van der Waals surface area contributed by atoms with E-state index in [2.05, 4.69) is 18.7 Å². The number of hydrogen-bond donors (Lipinski definition) is 3. The Balaban J connectivity index is 1.32. The van der Waals surface area contributed by atoms with Crippen LogP contribution in [0, 0.1) is 28.6 Å². The minimum atomic E-state index is -1.38. The Morgan fingerprint density at radius 3 is 2.74 bits per heavy atom. The van der Waals surface area contributed by atoms with E-state index >= 15 is 0 Å². The molecule has 0 aromatic heterocycles. The highest BCUT2D eigenvalue weighted by molar-refractivity contribution is 5.85. The molecule has 9 atom stereocenters. The second-order valence-electron chi connectivity index (χ2n) is 11.9. The van der Waals surface area contributed by atoms with Crippen LogP contribution in [-0.4, -0.2) is 57.3 Å². The molecule has 5 aliphatic rings. The molecule has 0 amide bonds. The zero-order valence-electron chi connectivity index (χ0n) is 20.1. The predicted molar refractivity (Wildman–Crippen MR) is 125 cm³/mol. The molecule has 1 saturated heterocycles. The maximum absolute atomic E-state index is 13.3. The predicted octanol–water partition coefficient (Wildman–Crippen LogP) is 2.88. The number of carboxylic acids is 1. The highest BCUT2D eigenvalue weighted by Gasteiger charge is 2.85. The molecule has 188 valence electrons. The molecule has 7 nitrogen and oxygen atoms in total. The summed E-state index contributed by atoms with van der Waals surface area (Å²) < 4.78 is 12.4. The molecular formula is C28H34O7. The fourth-order valence-electron chi connectivity index (χ4n) is 8.99. The van der Waals surface area contributed by atoms with Gasteiger partial charge in [0.2, 0.25) is 0 Å². The van der Waals surface area contributed by atoms with Crippen molar-refractivity contribution in [2.75, 3.05) is 6.61 Å². The summed E-state index contributed by atoms with van der Waals surface area (Å²) in [6.07, 6.45) is 1.91. The Morgan fingerprint density at radius 1 is 1.29 bits per heavy atom. The van der Waals surface area contributed by atoms with Crippen molar-refractivity contribution in [3.63, 3.8) is 0 Å². The Kier molecular flexibility index (Phi) is 4.91. The quantitative estimate of drug-likeness (QED) is 0.325. The average molecular weight is 483 g/mol. The lowest BCUT2D eigenvalue weighted by atomic mass is 9.58. The molecule has 1 heterocycles. The summed E-state index contributed by atoms with van der Waals surface area (Å²) in [4.78, 5) is 26.1. The summed E-state index contributed by atoms with van der Waals surface area (Å²) in [5, 5.41) is 33.2. The Morgan fingerprint density at radius 2 is 2.03 bits per heavy atom. The summed E-state index contributed by atoms with van der Waals surface area (Å²) in [6, 6.07) is 10.1. The van der Waals surface area contributed by atoms with E-state index in [1.165, 1.54) is 5.56 Å². The molecule has 4 saturated carbocycles. The highest BCUT2D eigenvalue weighted by Crippen LogP contribution is 2.78. The van der Waals surface area contributed by atoms with E-state index in [4.69, 9.17) is 9.47 Å². The summed E-state index contributed by atoms with van der Waals surface area (Å²) >= 11 is 0. The van der Waals surface area contributed by atoms with E-state index in [0.717, 1.165) is 12.8 Å². The molecule has 6 rings (SSSR count). The maximum Gasteiger partial charge on any atom is 0.315 e. The Hall–Kier alpha value is -2.22. The van der Waals surface area contributed by atoms with Gasteiger partial charge in [0.25, 0.3) is 0 Å². The van der Waals surface area contributed by atoms with Gasteiger partial charge in [-0.1, -0.05) is 36.9 Å². The van der Waals surface area contributed by atoms with Gasteiger partial charge in [0.15, 0.2) is 0 Å². The smallest absolute Gasteiger partial charge is 0.315 e. The first-order chi connectivity index (χ1) is 16.6. The van der Waals surface area contributed by atoms with E-state index < -0.39 is 58.0 Å². The molecule has 1 spiro atoms. The number of carboxylic acid groups (broad SMARTS) is 1. The van der Waals surface area contributed by atoms with E-state index in [9.17, 15) is 24.9 Å². The van der Waals surface area contributed by atoms with Crippen LogP contribution in [0.4, 0.5) is 0 Å². The molecule has 1 aliphatic heterocycles. The molecule has 3 N–H and O–H groups in total. The number of ether oxygens (including phenoxy) is 2. The van der Waals surface area contributed by atoms with Crippen molar-refractivity contribution in [2.45, 2.75) is 75.3 Å². The lowest BCUT2D eigenvalue weighted by Crippen LogP contribution is -2.59. The molecule has 1 aromatic rings. The van der Waals surface area contributed by atoms with E-state index in [1.807, 2.05) is 18.2 Å². The van der Waals surface area contributed by atoms with Gasteiger partial charge in [0.05, 0.1) is 23.7 Å². The lowest BCUT2D eigenvalue weighted by Gasteiger charge is -2.48. The van der Waals surface area contributed by atoms with Crippen molar-refractivity contribution in [2.24, 2.45) is 28.6 Å². The van der Waals surface area contributed by atoms with Crippen LogP contribution in [0.2, 0.25) is 0 Å². The van der Waals surface area contributed by atoms with Gasteiger partial charge in [-0.15, -0.1) is 0 Å². The van der Waals surface area contributed by atoms with Gasteiger partial charge < -0.3 is 24.8 Å². The number of carbonyl (C=O) groups excluding carboxylic acids is 1. The fourth-order valence-corrected chi connectivity index (χ4v) is 8.99. The first kappa shape index (κ1) is 23.2. The summed E-state index contributed by atoms with van der Waals surface area (Å²) in [5.74, 6) is -3.29.